The summed E-state index contributed by atoms with van der Waals surface area (Å²) >= 11 is 0. The predicted molar refractivity (Wildman–Crippen MR) is 110 cm³/mol. The van der Waals surface area contributed by atoms with Crippen LogP contribution < -0.4 is 0 Å². The van der Waals surface area contributed by atoms with E-state index in [0.717, 1.165) is 22.8 Å². The van der Waals surface area contributed by atoms with Gasteiger partial charge in [0, 0.05) is 47.7 Å². The number of hydrogen-bond donors (Lipinski definition) is 2. The molecule has 1 fully saturated rings. The Labute approximate surface area is 180 Å². The molecule has 4 aromatic heterocycles. The highest BCUT2D eigenvalue weighted by atomic mass is 19.4. The molecule has 0 amide bonds. The molecule has 0 aliphatic carbocycles. The summed E-state index contributed by atoms with van der Waals surface area (Å²) in [6, 6.07) is 4.52. The Balaban J connectivity index is 1.47. The first-order chi connectivity index (χ1) is 15.3. The van der Waals surface area contributed by atoms with Gasteiger partial charge in [0.1, 0.15) is 0 Å². The van der Waals surface area contributed by atoms with E-state index in [1.807, 2.05) is 6.07 Å². The number of aromatic nitrogens is 6. The highest BCUT2D eigenvalue weighted by molar-refractivity contribution is 5.88. The van der Waals surface area contributed by atoms with Gasteiger partial charge in [-0.3, -0.25) is 0 Å². The van der Waals surface area contributed by atoms with E-state index in [0.29, 0.717) is 18.0 Å². The standard InChI is InChI=1S/C21H20F3N7O/c1-30-7-5-15(11-30)20(32,21(22,23)24)14-2-3-17(26-9-14)31-10-13(8-29-31)16-4-6-25-19-18(16)27-12-28-19/h2-4,6,8-10,12,15,32H,5,7,11H2,1H3,(H,25,27,28)/t15?,20-/m0/s1. The maximum absolute atomic E-state index is 14.0. The second-order valence-electron chi connectivity index (χ2n) is 8.05. The number of imidazole rings is 1. The van der Waals surface area contributed by atoms with Crippen molar-refractivity contribution in [1.29, 1.82) is 0 Å². The van der Waals surface area contributed by atoms with E-state index < -0.39 is 17.7 Å². The number of likely N-dealkylation sites (tertiary alicyclic amines) is 1. The van der Waals surface area contributed by atoms with Crippen molar-refractivity contribution in [3.63, 3.8) is 0 Å². The van der Waals surface area contributed by atoms with E-state index in [1.54, 1.807) is 36.9 Å². The largest absolute Gasteiger partial charge is 0.421 e. The average Bonchev–Trinajstić information content (AvgIpc) is 3.52. The molecule has 0 spiro atoms. The molecule has 8 nitrogen and oxygen atoms in total. The van der Waals surface area contributed by atoms with Gasteiger partial charge < -0.3 is 15.0 Å². The van der Waals surface area contributed by atoms with Gasteiger partial charge in [-0.1, -0.05) is 6.07 Å². The van der Waals surface area contributed by atoms with Crippen LogP contribution in [0.4, 0.5) is 13.2 Å². The second-order valence-corrected chi connectivity index (χ2v) is 8.05. The van der Waals surface area contributed by atoms with Crippen LogP contribution in [0.2, 0.25) is 0 Å². The van der Waals surface area contributed by atoms with Crippen molar-refractivity contribution in [3.05, 3.63) is 54.9 Å². The number of aromatic amines is 1. The summed E-state index contributed by atoms with van der Waals surface area (Å²) in [5.74, 6) is -0.622. The highest BCUT2D eigenvalue weighted by Gasteiger charge is 2.60. The van der Waals surface area contributed by atoms with Crippen molar-refractivity contribution in [3.8, 4) is 16.9 Å². The number of rotatable bonds is 4. The van der Waals surface area contributed by atoms with Gasteiger partial charge in [0.05, 0.1) is 18.0 Å². The number of halogens is 3. The van der Waals surface area contributed by atoms with Crippen LogP contribution in [0.3, 0.4) is 0 Å². The minimum Gasteiger partial charge on any atom is -0.376 e. The van der Waals surface area contributed by atoms with Crippen molar-refractivity contribution in [1.82, 2.24) is 34.6 Å². The van der Waals surface area contributed by atoms with Crippen LogP contribution in [0.5, 0.6) is 0 Å². The molecule has 2 atom stereocenters. The van der Waals surface area contributed by atoms with Crippen LogP contribution in [0, 0.1) is 5.92 Å². The monoisotopic (exact) mass is 443 g/mol. The number of pyridine rings is 2. The third kappa shape index (κ3) is 3.24. The molecule has 0 bridgehead atoms. The highest BCUT2D eigenvalue weighted by Crippen LogP contribution is 2.47. The molecule has 166 valence electrons. The summed E-state index contributed by atoms with van der Waals surface area (Å²) in [5.41, 5.74) is -0.286. The first kappa shape index (κ1) is 20.6. The molecular weight excluding hydrogens is 423 g/mol. The molecule has 11 heteroatoms. The summed E-state index contributed by atoms with van der Waals surface area (Å²) < 4.78 is 43.3. The van der Waals surface area contributed by atoms with Crippen LogP contribution in [-0.4, -0.2) is 66.0 Å². The molecule has 1 aliphatic rings. The lowest BCUT2D eigenvalue weighted by Crippen LogP contribution is -2.49. The van der Waals surface area contributed by atoms with E-state index in [4.69, 9.17) is 0 Å². The molecule has 1 saturated heterocycles. The number of hydrogen-bond acceptors (Lipinski definition) is 6. The molecule has 4 aromatic rings. The van der Waals surface area contributed by atoms with E-state index in [1.165, 1.54) is 16.8 Å². The van der Waals surface area contributed by atoms with E-state index in [9.17, 15) is 18.3 Å². The summed E-state index contributed by atoms with van der Waals surface area (Å²) in [6.45, 7) is 0.664. The van der Waals surface area contributed by atoms with Gasteiger partial charge in [0.15, 0.2) is 17.1 Å². The van der Waals surface area contributed by atoms with Gasteiger partial charge in [-0.05, 0) is 32.1 Å². The topological polar surface area (TPSA) is 95.8 Å². The predicted octanol–water partition coefficient (Wildman–Crippen LogP) is 2.91. The zero-order chi connectivity index (χ0) is 22.5. The normalized spacial score (nSPS) is 19.5. The number of nitrogens with one attached hydrogen (secondary N) is 1. The molecule has 1 aliphatic heterocycles. The third-order valence-corrected chi connectivity index (χ3v) is 6.06. The Hall–Kier alpha value is -3.31. The summed E-state index contributed by atoms with van der Waals surface area (Å²) in [7, 11) is 1.74. The second kappa shape index (κ2) is 7.38. The quantitative estimate of drug-likeness (QED) is 0.504. The van der Waals surface area contributed by atoms with Crippen LogP contribution >= 0.6 is 0 Å². The number of H-pyrrole nitrogens is 1. The maximum atomic E-state index is 14.0. The summed E-state index contributed by atoms with van der Waals surface area (Å²) in [5, 5.41) is 15.1. The Kier molecular flexibility index (Phi) is 4.75. The lowest BCUT2D eigenvalue weighted by molar-refractivity contribution is -0.285. The fourth-order valence-corrected chi connectivity index (χ4v) is 4.33. The smallest absolute Gasteiger partial charge is 0.376 e. The van der Waals surface area contributed by atoms with Crippen molar-refractivity contribution in [2.75, 3.05) is 20.1 Å². The Morgan fingerprint density at radius 2 is 1.97 bits per heavy atom. The number of fused-ring (bicyclic) bond motifs is 1. The number of alkyl halides is 3. The molecule has 0 aromatic carbocycles. The molecule has 32 heavy (non-hydrogen) atoms. The first-order valence-electron chi connectivity index (χ1n) is 10.0. The zero-order valence-electron chi connectivity index (χ0n) is 17.1. The Morgan fingerprint density at radius 3 is 2.66 bits per heavy atom. The van der Waals surface area contributed by atoms with Crippen LogP contribution in [0.15, 0.2) is 49.3 Å². The molecule has 5 heterocycles. The maximum Gasteiger partial charge on any atom is 0.421 e. The van der Waals surface area contributed by atoms with Gasteiger partial charge in [0.25, 0.3) is 0 Å². The molecule has 2 N–H and O–H groups in total. The van der Waals surface area contributed by atoms with Crippen LogP contribution in [-0.2, 0) is 5.60 Å². The molecular formula is C21H20F3N7O. The van der Waals surface area contributed by atoms with Crippen LogP contribution in [0.25, 0.3) is 28.1 Å². The van der Waals surface area contributed by atoms with Gasteiger partial charge in [-0.2, -0.15) is 18.3 Å². The van der Waals surface area contributed by atoms with Crippen molar-refractivity contribution in [2.24, 2.45) is 5.92 Å². The SMILES string of the molecule is CN1CCC([C@@](O)(c2ccc(-n3cc(-c4ccnc5nc[nH]c45)cn3)nc2)C(F)(F)F)C1. The number of nitrogens with zero attached hydrogens (tertiary/aromatic N) is 6. The minimum atomic E-state index is -4.82. The van der Waals surface area contributed by atoms with Gasteiger partial charge in [-0.15, -0.1) is 0 Å². The average molecular weight is 443 g/mol. The van der Waals surface area contributed by atoms with Crippen molar-refractivity contribution < 1.29 is 18.3 Å². The minimum absolute atomic E-state index is 0.161. The Morgan fingerprint density at radius 1 is 1.12 bits per heavy atom. The van der Waals surface area contributed by atoms with Crippen LogP contribution in [0.1, 0.15) is 12.0 Å². The lowest BCUT2D eigenvalue weighted by atomic mass is 9.80. The lowest BCUT2D eigenvalue weighted by Gasteiger charge is -2.36. The Bertz CT molecular complexity index is 1250. The van der Waals surface area contributed by atoms with Gasteiger partial charge in [0.2, 0.25) is 0 Å². The molecule has 0 saturated carbocycles. The van der Waals surface area contributed by atoms with E-state index >= 15 is 0 Å². The molecule has 0 radical (unpaired) electrons. The van der Waals surface area contributed by atoms with E-state index in [2.05, 4.69) is 25.0 Å². The van der Waals surface area contributed by atoms with Crippen molar-refractivity contribution >= 4 is 11.2 Å². The molecule has 5 rings (SSSR count). The number of aliphatic hydroxyl groups is 1. The zero-order valence-corrected chi connectivity index (χ0v) is 17.1. The molecule has 1 unspecified atom stereocenters. The first-order valence-corrected chi connectivity index (χ1v) is 10.0. The van der Waals surface area contributed by atoms with Gasteiger partial charge >= 0.3 is 6.18 Å². The van der Waals surface area contributed by atoms with Gasteiger partial charge in [-0.25, -0.2) is 19.6 Å². The van der Waals surface area contributed by atoms with Crippen molar-refractivity contribution in [2.45, 2.75) is 18.2 Å². The third-order valence-electron chi connectivity index (χ3n) is 6.06. The summed E-state index contributed by atoms with van der Waals surface area (Å²) in [4.78, 5) is 17.3. The fourth-order valence-electron chi connectivity index (χ4n) is 4.33. The fraction of sp³-hybridized carbons (Fsp3) is 0.333. The summed E-state index contributed by atoms with van der Waals surface area (Å²) in [6.07, 6.45) is 3.07. The van der Waals surface area contributed by atoms with E-state index in [-0.39, 0.29) is 18.5 Å².